The smallest absolute Gasteiger partial charge is 0.238 e. The van der Waals surface area contributed by atoms with Crippen LogP contribution in [0, 0.1) is 11.6 Å². The van der Waals surface area contributed by atoms with Gasteiger partial charge in [0.1, 0.15) is 17.3 Å². The third-order valence-electron chi connectivity index (χ3n) is 4.78. The Morgan fingerprint density at radius 1 is 0.867 bits per heavy atom. The maximum Gasteiger partial charge on any atom is 0.238 e. The van der Waals surface area contributed by atoms with Crippen LogP contribution >= 0.6 is 0 Å². The number of primary sulfonamides is 1. The quantitative estimate of drug-likeness (QED) is 0.679. The highest BCUT2D eigenvalue weighted by atomic mass is 32.2. The van der Waals surface area contributed by atoms with Crippen LogP contribution in [0.2, 0.25) is 0 Å². The van der Waals surface area contributed by atoms with Crippen LogP contribution in [-0.2, 0) is 10.0 Å². The molecule has 30 heavy (non-hydrogen) atoms. The molecule has 0 unspecified atom stereocenters. The van der Waals surface area contributed by atoms with E-state index in [0.29, 0.717) is 33.8 Å². The fourth-order valence-electron chi connectivity index (χ4n) is 3.39. The lowest BCUT2D eigenvalue weighted by Gasteiger charge is -2.17. The summed E-state index contributed by atoms with van der Waals surface area (Å²) in [7, 11) is -0.735. The molecule has 0 spiro atoms. The van der Waals surface area contributed by atoms with Gasteiger partial charge < -0.3 is 14.4 Å². The van der Waals surface area contributed by atoms with E-state index in [0.717, 1.165) is 0 Å². The number of nitrogens with two attached hydrogens (primary N) is 1. The lowest BCUT2D eigenvalue weighted by atomic mass is 9.93. The van der Waals surface area contributed by atoms with Crippen molar-refractivity contribution in [2.75, 3.05) is 25.8 Å². The Labute approximate surface area is 172 Å². The highest BCUT2D eigenvalue weighted by molar-refractivity contribution is 7.89. The van der Waals surface area contributed by atoms with Crippen LogP contribution in [-0.4, -0.2) is 29.3 Å². The second-order valence-electron chi connectivity index (χ2n) is 7.00. The van der Waals surface area contributed by atoms with Gasteiger partial charge in [-0.3, -0.25) is 0 Å². The minimum atomic E-state index is -3.85. The average molecular weight is 432 g/mol. The van der Waals surface area contributed by atoms with Crippen LogP contribution < -0.4 is 19.5 Å². The number of nitrogens with zero attached hydrogens (tertiary/aromatic N) is 1. The molecule has 0 amide bonds. The van der Waals surface area contributed by atoms with E-state index in [2.05, 4.69) is 0 Å². The molecule has 0 aliphatic carbocycles. The molecule has 0 aromatic heterocycles. The molecule has 0 atom stereocenters. The highest BCUT2D eigenvalue weighted by Gasteiger charge is 2.22. The zero-order chi connectivity index (χ0) is 21.6. The largest absolute Gasteiger partial charge is 0.454 e. The Kier molecular flexibility index (Phi) is 4.87. The molecule has 2 N–H and O–H groups in total. The lowest BCUT2D eigenvalue weighted by Crippen LogP contribution is -2.13. The Bertz CT molecular complexity index is 1220. The molecule has 0 saturated carbocycles. The molecule has 4 rings (SSSR count). The van der Waals surface area contributed by atoms with Gasteiger partial charge in [-0.05, 0) is 58.7 Å². The van der Waals surface area contributed by atoms with Crippen molar-refractivity contribution in [3.63, 3.8) is 0 Å². The summed E-state index contributed by atoms with van der Waals surface area (Å²) >= 11 is 0. The Balaban J connectivity index is 1.91. The summed E-state index contributed by atoms with van der Waals surface area (Å²) in [6, 6.07) is 11.7. The molecule has 0 saturated heterocycles. The zero-order valence-electron chi connectivity index (χ0n) is 16.1. The zero-order valence-corrected chi connectivity index (χ0v) is 17.0. The Hall–Kier alpha value is -3.17. The number of anilines is 1. The molecule has 3 aromatic carbocycles. The molecule has 1 aliphatic heterocycles. The van der Waals surface area contributed by atoms with Crippen molar-refractivity contribution in [3.8, 4) is 33.8 Å². The molecule has 0 radical (unpaired) electrons. The van der Waals surface area contributed by atoms with Gasteiger partial charge in [0.25, 0.3) is 0 Å². The standard InChI is InChI=1S/C21H18F2N2O4S/c1-25(2)21-17(22)7-13(8-18(21)23)16-10-20-19(28-11-29-20)9-15(16)12-3-5-14(6-4-12)30(24,26)27/h3-10H,11H2,1-2H3,(H2,24,26,27). The van der Waals surface area contributed by atoms with Crippen molar-refractivity contribution >= 4 is 15.7 Å². The van der Waals surface area contributed by atoms with E-state index in [1.165, 1.54) is 29.2 Å². The predicted molar refractivity (Wildman–Crippen MR) is 109 cm³/mol. The molecule has 6 nitrogen and oxygen atoms in total. The van der Waals surface area contributed by atoms with Crippen LogP contribution in [0.25, 0.3) is 22.3 Å². The molecule has 0 bridgehead atoms. The van der Waals surface area contributed by atoms with Gasteiger partial charge >= 0.3 is 0 Å². The summed E-state index contributed by atoms with van der Waals surface area (Å²) in [4.78, 5) is 1.32. The topological polar surface area (TPSA) is 81.9 Å². The first-order valence-corrected chi connectivity index (χ1v) is 10.4. The van der Waals surface area contributed by atoms with Crippen LogP contribution in [0.5, 0.6) is 11.5 Å². The van der Waals surface area contributed by atoms with Crippen molar-refractivity contribution in [2.24, 2.45) is 5.14 Å². The van der Waals surface area contributed by atoms with E-state index in [1.807, 2.05) is 0 Å². The van der Waals surface area contributed by atoms with Gasteiger partial charge in [-0.25, -0.2) is 22.3 Å². The number of benzene rings is 3. The molecule has 9 heteroatoms. The average Bonchev–Trinajstić information content (AvgIpc) is 3.13. The number of halogens is 2. The first kappa shape index (κ1) is 20.1. The van der Waals surface area contributed by atoms with Gasteiger partial charge in [-0.1, -0.05) is 12.1 Å². The first-order valence-electron chi connectivity index (χ1n) is 8.89. The number of hydrogen-bond donors (Lipinski definition) is 1. The van der Waals surface area contributed by atoms with Gasteiger partial charge in [-0.15, -0.1) is 0 Å². The summed E-state index contributed by atoms with van der Waals surface area (Å²) in [6.45, 7) is 0.0326. The van der Waals surface area contributed by atoms with Crippen LogP contribution in [0.1, 0.15) is 0 Å². The molecular formula is C21H18F2N2O4S. The van der Waals surface area contributed by atoms with E-state index in [4.69, 9.17) is 14.6 Å². The number of fused-ring (bicyclic) bond motifs is 1. The lowest BCUT2D eigenvalue weighted by molar-refractivity contribution is 0.174. The number of hydrogen-bond acceptors (Lipinski definition) is 5. The predicted octanol–water partition coefficient (Wildman–Crippen LogP) is 3.74. The van der Waals surface area contributed by atoms with Crippen molar-refractivity contribution in [1.29, 1.82) is 0 Å². The van der Waals surface area contributed by atoms with Crippen molar-refractivity contribution in [1.82, 2.24) is 0 Å². The van der Waals surface area contributed by atoms with Crippen LogP contribution in [0.3, 0.4) is 0 Å². The molecule has 0 fully saturated rings. The van der Waals surface area contributed by atoms with Crippen molar-refractivity contribution in [3.05, 3.63) is 60.2 Å². The fraction of sp³-hybridized carbons (Fsp3) is 0.143. The van der Waals surface area contributed by atoms with Gasteiger partial charge in [0.15, 0.2) is 11.5 Å². The summed E-state index contributed by atoms with van der Waals surface area (Å²) in [5.41, 5.74) is 1.88. The number of sulfonamides is 1. The third kappa shape index (κ3) is 3.57. The fourth-order valence-corrected chi connectivity index (χ4v) is 3.91. The van der Waals surface area contributed by atoms with E-state index in [1.54, 1.807) is 38.4 Å². The molecular weight excluding hydrogens is 414 g/mol. The molecule has 3 aromatic rings. The van der Waals surface area contributed by atoms with Crippen LogP contribution in [0.15, 0.2) is 53.4 Å². The van der Waals surface area contributed by atoms with E-state index in [9.17, 15) is 17.2 Å². The SMILES string of the molecule is CN(C)c1c(F)cc(-c2cc3c(cc2-c2ccc(S(N)(=O)=O)cc2)OCO3)cc1F. The maximum atomic E-state index is 14.6. The van der Waals surface area contributed by atoms with Gasteiger partial charge in [0.05, 0.1) is 4.90 Å². The van der Waals surface area contributed by atoms with E-state index < -0.39 is 21.7 Å². The van der Waals surface area contributed by atoms with E-state index in [-0.39, 0.29) is 17.4 Å². The molecule has 1 heterocycles. The monoisotopic (exact) mass is 432 g/mol. The summed E-state index contributed by atoms with van der Waals surface area (Å²) < 4.78 is 63.2. The summed E-state index contributed by atoms with van der Waals surface area (Å²) in [6.07, 6.45) is 0. The van der Waals surface area contributed by atoms with Gasteiger partial charge in [0.2, 0.25) is 16.8 Å². The van der Waals surface area contributed by atoms with E-state index >= 15 is 0 Å². The minimum absolute atomic E-state index is 0.0326. The van der Waals surface area contributed by atoms with Gasteiger partial charge in [-0.2, -0.15) is 0 Å². The first-order chi connectivity index (χ1) is 14.1. The molecule has 1 aliphatic rings. The van der Waals surface area contributed by atoms with Crippen molar-refractivity contribution in [2.45, 2.75) is 4.90 Å². The van der Waals surface area contributed by atoms with Crippen molar-refractivity contribution < 1.29 is 26.7 Å². The summed E-state index contributed by atoms with van der Waals surface area (Å²) in [5.74, 6) is -0.478. The molecule has 156 valence electrons. The highest BCUT2D eigenvalue weighted by Crippen LogP contribution is 2.44. The number of ether oxygens (including phenoxy) is 2. The Morgan fingerprint density at radius 3 is 1.83 bits per heavy atom. The third-order valence-corrected chi connectivity index (χ3v) is 5.71. The van der Waals surface area contributed by atoms with Gasteiger partial charge in [0, 0.05) is 14.1 Å². The second-order valence-corrected chi connectivity index (χ2v) is 8.56. The Morgan fingerprint density at radius 2 is 1.37 bits per heavy atom. The normalized spacial score (nSPS) is 12.8. The second kappa shape index (κ2) is 7.26. The van der Waals surface area contributed by atoms with Crippen LogP contribution in [0.4, 0.5) is 14.5 Å². The number of rotatable bonds is 4. The minimum Gasteiger partial charge on any atom is -0.454 e. The summed E-state index contributed by atoms with van der Waals surface area (Å²) in [5, 5.41) is 5.16. The maximum absolute atomic E-state index is 14.6.